The quantitative estimate of drug-likeness (QED) is 0.627. The van der Waals surface area contributed by atoms with E-state index < -0.39 is 5.79 Å². The summed E-state index contributed by atoms with van der Waals surface area (Å²) in [5.41, 5.74) is 0. The van der Waals surface area contributed by atoms with Crippen molar-refractivity contribution in [2.24, 2.45) is 11.8 Å². The molecule has 0 aromatic rings. The summed E-state index contributed by atoms with van der Waals surface area (Å²) in [6, 6.07) is 0. The van der Waals surface area contributed by atoms with Gasteiger partial charge in [0.1, 0.15) is 0 Å². The Morgan fingerprint density at radius 1 is 1.00 bits per heavy atom. The van der Waals surface area contributed by atoms with E-state index in [1.807, 2.05) is 0 Å². The van der Waals surface area contributed by atoms with Crippen LogP contribution in [0.3, 0.4) is 0 Å². The van der Waals surface area contributed by atoms with E-state index in [9.17, 15) is 0 Å². The maximum atomic E-state index is 9.09. The average Bonchev–Trinajstić information content (AvgIpc) is 2.74. The standard InChI is InChI=1S/C9H16O4/c10-5-7-3-9(4-8(7)6-11)12-1-2-13-9/h7-8,10-11H,1-6H2. The molecule has 0 aromatic heterocycles. The first-order valence-corrected chi connectivity index (χ1v) is 4.79. The van der Waals surface area contributed by atoms with Gasteiger partial charge in [-0.3, -0.25) is 0 Å². The Morgan fingerprint density at radius 3 is 1.85 bits per heavy atom. The zero-order chi connectivity index (χ0) is 9.31. The van der Waals surface area contributed by atoms with Gasteiger partial charge >= 0.3 is 0 Å². The molecule has 1 spiro atoms. The third kappa shape index (κ3) is 1.59. The highest BCUT2D eigenvalue weighted by atomic mass is 16.7. The topological polar surface area (TPSA) is 58.9 Å². The van der Waals surface area contributed by atoms with E-state index in [1.54, 1.807) is 0 Å². The molecule has 0 radical (unpaired) electrons. The first-order chi connectivity index (χ1) is 6.29. The second-order valence-corrected chi connectivity index (χ2v) is 3.90. The number of hydrogen-bond donors (Lipinski definition) is 2. The summed E-state index contributed by atoms with van der Waals surface area (Å²) in [4.78, 5) is 0. The van der Waals surface area contributed by atoms with Crippen LogP contribution in [0.25, 0.3) is 0 Å². The molecule has 13 heavy (non-hydrogen) atoms. The Morgan fingerprint density at radius 2 is 1.46 bits per heavy atom. The molecule has 0 aromatic carbocycles. The van der Waals surface area contributed by atoms with Crippen molar-refractivity contribution >= 4 is 0 Å². The summed E-state index contributed by atoms with van der Waals surface area (Å²) < 4.78 is 11.0. The number of hydrogen-bond acceptors (Lipinski definition) is 4. The minimum atomic E-state index is -0.485. The number of aliphatic hydroxyl groups excluding tert-OH is 2. The molecule has 1 saturated heterocycles. The van der Waals surface area contributed by atoms with Gasteiger partial charge in [0.2, 0.25) is 0 Å². The Bertz CT molecular complexity index is 162. The lowest BCUT2D eigenvalue weighted by Crippen LogP contribution is -2.26. The zero-order valence-electron chi connectivity index (χ0n) is 7.61. The molecule has 2 fully saturated rings. The molecule has 2 rings (SSSR count). The summed E-state index contributed by atoms with van der Waals surface area (Å²) >= 11 is 0. The summed E-state index contributed by atoms with van der Waals surface area (Å²) in [7, 11) is 0. The van der Waals surface area contributed by atoms with Gasteiger partial charge in [-0.2, -0.15) is 0 Å². The highest BCUT2D eigenvalue weighted by Crippen LogP contribution is 2.44. The van der Waals surface area contributed by atoms with Gasteiger partial charge in [0.15, 0.2) is 5.79 Å². The van der Waals surface area contributed by atoms with Crippen molar-refractivity contribution in [3.8, 4) is 0 Å². The van der Waals surface area contributed by atoms with Crippen LogP contribution < -0.4 is 0 Å². The van der Waals surface area contributed by atoms with E-state index in [0.29, 0.717) is 26.1 Å². The van der Waals surface area contributed by atoms with Gasteiger partial charge in [-0.25, -0.2) is 0 Å². The maximum Gasteiger partial charge on any atom is 0.169 e. The minimum absolute atomic E-state index is 0.111. The van der Waals surface area contributed by atoms with Crippen molar-refractivity contribution in [3.63, 3.8) is 0 Å². The fourth-order valence-electron chi connectivity index (χ4n) is 2.38. The van der Waals surface area contributed by atoms with Crippen molar-refractivity contribution in [1.82, 2.24) is 0 Å². The Kier molecular flexibility index (Phi) is 2.55. The molecular weight excluding hydrogens is 172 g/mol. The molecule has 1 aliphatic carbocycles. The molecular formula is C9H16O4. The summed E-state index contributed by atoms with van der Waals surface area (Å²) in [6.45, 7) is 1.49. The molecule has 76 valence electrons. The van der Waals surface area contributed by atoms with E-state index in [1.165, 1.54) is 0 Å². The number of rotatable bonds is 2. The van der Waals surface area contributed by atoms with Crippen LogP contribution in [-0.4, -0.2) is 42.4 Å². The van der Waals surface area contributed by atoms with Crippen molar-refractivity contribution < 1.29 is 19.7 Å². The lowest BCUT2D eigenvalue weighted by Gasteiger charge is -2.21. The third-order valence-corrected chi connectivity index (χ3v) is 3.10. The van der Waals surface area contributed by atoms with Gasteiger partial charge in [0, 0.05) is 26.1 Å². The van der Waals surface area contributed by atoms with Crippen molar-refractivity contribution in [2.45, 2.75) is 18.6 Å². The molecule has 2 unspecified atom stereocenters. The van der Waals surface area contributed by atoms with Crippen LogP contribution in [0.15, 0.2) is 0 Å². The van der Waals surface area contributed by atoms with Crippen LogP contribution in [0.4, 0.5) is 0 Å². The van der Waals surface area contributed by atoms with Gasteiger partial charge in [-0.15, -0.1) is 0 Å². The van der Waals surface area contributed by atoms with E-state index >= 15 is 0 Å². The van der Waals surface area contributed by atoms with Gasteiger partial charge in [0.25, 0.3) is 0 Å². The molecule has 0 bridgehead atoms. The minimum Gasteiger partial charge on any atom is -0.396 e. The van der Waals surface area contributed by atoms with Crippen LogP contribution >= 0.6 is 0 Å². The first-order valence-electron chi connectivity index (χ1n) is 4.79. The SMILES string of the molecule is OCC1CC2(CC1CO)OCCO2. The van der Waals surface area contributed by atoms with Gasteiger partial charge in [-0.05, 0) is 11.8 Å². The molecule has 4 heteroatoms. The van der Waals surface area contributed by atoms with Crippen LogP contribution in [0, 0.1) is 11.8 Å². The summed E-state index contributed by atoms with van der Waals surface area (Å²) in [5.74, 6) is -0.230. The van der Waals surface area contributed by atoms with Crippen LogP contribution in [0.2, 0.25) is 0 Å². The van der Waals surface area contributed by atoms with Crippen molar-refractivity contribution in [2.75, 3.05) is 26.4 Å². The fourth-order valence-corrected chi connectivity index (χ4v) is 2.38. The maximum absolute atomic E-state index is 9.09. The first kappa shape index (κ1) is 9.40. The van der Waals surface area contributed by atoms with Gasteiger partial charge in [0.05, 0.1) is 13.2 Å². The second-order valence-electron chi connectivity index (χ2n) is 3.90. The molecule has 1 aliphatic heterocycles. The van der Waals surface area contributed by atoms with Crippen LogP contribution in [0.1, 0.15) is 12.8 Å². The third-order valence-electron chi connectivity index (χ3n) is 3.10. The highest BCUT2D eigenvalue weighted by Gasteiger charge is 2.48. The molecule has 2 atom stereocenters. The van der Waals surface area contributed by atoms with Gasteiger partial charge in [-0.1, -0.05) is 0 Å². The molecule has 2 N–H and O–H groups in total. The smallest absolute Gasteiger partial charge is 0.169 e. The number of ether oxygens (including phenoxy) is 2. The Labute approximate surface area is 77.5 Å². The largest absolute Gasteiger partial charge is 0.396 e. The van der Waals surface area contributed by atoms with Crippen molar-refractivity contribution in [1.29, 1.82) is 0 Å². The normalized spacial score (nSPS) is 37.4. The molecule has 4 nitrogen and oxygen atoms in total. The van der Waals surface area contributed by atoms with E-state index in [4.69, 9.17) is 19.7 Å². The lowest BCUT2D eigenvalue weighted by atomic mass is 9.98. The van der Waals surface area contributed by atoms with Crippen molar-refractivity contribution in [3.05, 3.63) is 0 Å². The van der Waals surface area contributed by atoms with E-state index in [0.717, 1.165) is 0 Å². The Balaban J connectivity index is 2.03. The van der Waals surface area contributed by atoms with Gasteiger partial charge < -0.3 is 19.7 Å². The average molecular weight is 188 g/mol. The molecule has 1 heterocycles. The number of aliphatic hydroxyl groups is 2. The molecule has 0 amide bonds. The monoisotopic (exact) mass is 188 g/mol. The van der Waals surface area contributed by atoms with E-state index in [2.05, 4.69) is 0 Å². The summed E-state index contributed by atoms with van der Waals surface area (Å²) in [6.07, 6.45) is 1.43. The van der Waals surface area contributed by atoms with Crippen LogP contribution in [0.5, 0.6) is 0 Å². The lowest BCUT2D eigenvalue weighted by molar-refractivity contribution is -0.155. The molecule has 1 saturated carbocycles. The van der Waals surface area contributed by atoms with E-state index in [-0.39, 0.29) is 25.0 Å². The Hall–Kier alpha value is -0.160. The second kappa shape index (κ2) is 3.53. The zero-order valence-corrected chi connectivity index (χ0v) is 7.61. The van der Waals surface area contributed by atoms with Crippen LogP contribution in [-0.2, 0) is 9.47 Å². The fraction of sp³-hybridized carbons (Fsp3) is 1.00. The predicted molar refractivity (Wildman–Crippen MR) is 45.0 cm³/mol. The predicted octanol–water partition coefficient (Wildman–Crippen LogP) is -0.260. The molecule has 2 aliphatic rings. The summed E-state index contributed by atoms with van der Waals surface area (Å²) in [5, 5.41) is 18.2. The highest BCUT2D eigenvalue weighted by molar-refractivity contribution is 4.91.